The highest BCUT2D eigenvalue weighted by atomic mass is 16.7. The van der Waals surface area contributed by atoms with Crippen LogP contribution >= 0.6 is 0 Å². The van der Waals surface area contributed by atoms with Crippen LogP contribution in [0.4, 0.5) is 0 Å². The van der Waals surface area contributed by atoms with Crippen LogP contribution in [0.25, 0.3) is 0 Å². The van der Waals surface area contributed by atoms with E-state index in [1.165, 1.54) is 34.5 Å². The Morgan fingerprint density at radius 3 is 1.96 bits per heavy atom. The summed E-state index contributed by atoms with van der Waals surface area (Å²) in [5, 5.41) is 19.1. The van der Waals surface area contributed by atoms with Gasteiger partial charge in [-0.25, -0.2) is 0 Å². The summed E-state index contributed by atoms with van der Waals surface area (Å²) < 4.78 is 26.1. The SMILES string of the molecule is C=C[C@H](c1cc(OC)c(OC)c(OC)c1)C(C#N)(C#N)OCOC. The van der Waals surface area contributed by atoms with Crippen molar-refractivity contribution in [1.82, 2.24) is 0 Å². The van der Waals surface area contributed by atoms with Gasteiger partial charge in [-0.05, 0) is 17.7 Å². The van der Waals surface area contributed by atoms with Gasteiger partial charge < -0.3 is 23.7 Å². The molecule has 24 heavy (non-hydrogen) atoms. The average molecular weight is 332 g/mol. The normalized spacial score (nSPS) is 11.8. The van der Waals surface area contributed by atoms with Gasteiger partial charge in [0.1, 0.15) is 18.9 Å². The van der Waals surface area contributed by atoms with Gasteiger partial charge in [0.15, 0.2) is 11.5 Å². The molecule has 0 aliphatic carbocycles. The highest BCUT2D eigenvalue weighted by Gasteiger charge is 2.41. The zero-order chi connectivity index (χ0) is 18.2. The number of methoxy groups -OCH3 is 4. The Labute approximate surface area is 141 Å². The molecule has 1 aromatic carbocycles. The van der Waals surface area contributed by atoms with Crippen LogP contribution in [0.15, 0.2) is 24.8 Å². The molecule has 0 amide bonds. The number of hydrogen-bond donors (Lipinski definition) is 0. The van der Waals surface area contributed by atoms with Crippen LogP contribution < -0.4 is 14.2 Å². The maximum atomic E-state index is 9.53. The van der Waals surface area contributed by atoms with E-state index in [0.29, 0.717) is 22.8 Å². The predicted molar refractivity (Wildman–Crippen MR) is 86.0 cm³/mol. The van der Waals surface area contributed by atoms with E-state index in [1.807, 2.05) is 12.1 Å². The number of benzene rings is 1. The lowest BCUT2D eigenvalue weighted by molar-refractivity contribution is -0.0855. The Kier molecular flexibility index (Phi) is 7.06. The topological polar surface area (TPSA) is 93.7 Å². The van der Waals surface area contributed by atoms with Crippen LogP contribution in [0, 0.1) is 22.7 Å². The van der Waals surface area contributed by atoms with E-state index in [2.05, 4.69) is 6.58 Å². The van der Waals surface area contributed by atoms with Crippen molar-refractivity contribution in [2.24, 2.45) is 0 Å². The van der Waals surface area contributed by atoms with E-state index in [9.17, 15) is 10.5 Å². The summed E-state index contributed by atoms with van der Waals surface area (Å²) in [6.07, 6.45) is 1.46. The van der Waals surface area contributed by atoms with Crippen LogP contribution in [-0.2, 0) is 9.47 Å². The maximum absolute atomic E-state index is 9.53. The molecule has 0 heterocycles. The van der Waals surface area contributed by atoms with Crippen molar-refractivity contribution in [2.45, 2.75) is 11.5 Å². The fourth-order valence-electron chi connectivity index (χ4n) is 2.29. The molecule has 0 N–H and O–H groups in total. The quantitative estimate of drug-likeness (QED) is 0.506. The van der Waals surface area contributed by atoms with E-state index >= 15 is 0 Å². The zero-order valence-electron chi connectivity index (χ0n) is 14.2. The number of rotatable bonds is 9. The van der Waals surface area contributed by atoms with Gasteiger partial charge in [-0.2, -0.15) is 10.5 Å². The fraction of sp³-hybridized carbons (Fsp3) is 0.412. The summed E-state index contributed by atoms with van der Waals surface area (Å²) in [6.45, 7) is 3.51. The van der Waals surface area contributed by atoms with Crippen LogP contribution in [0.5, 0.6) is 17.2 Å². The molecule has 1 rings (SSSR count). The molecule has 128 valence electrons. The summed E-state index contributed by atoms with van der Waals surface area (Å²) in [4.78, 5) is 0. The van der Waals surface area contributed by atoms with E-state index in [1.54, 1.807) is 12.1 Å². The second-order valence-corrected chi connectivity index (χ2v) is 4.68. The van der Waals surface area contributed by atoms with Crippen LogP contribution in [0.3, 0.4) is 0 Å². The lowest BCUT2D eigenvalue weighted by Gasteiger charge is -2.27. The first-order chi connectivity index (χ1) is 11.6. The molecular formula is C17H20N2O5. The molecule has 0 unspecified atom stereocenters. The number of nitriles is 2. The fourth-order valence-corrected chi connectivity index (χ4v) is 2.29. The Bertz CT molecular complexity index is 621. The third-order valence-corrected chi connectivity index (χ3v) is 3.46. The minimum absolute atomic E-state index is 0.212. The lowest BCUT2D eigenvalue weighted by Crippen LogP contribution is -2.36. The van der Waals surface area contributed by atoms with Gasteiger partial charge in [0.2, 0.25) is 5.75 Å². The molecule has 7 heteroatoms. The Morgan fingerprint density at radius 2 is 1.62 bits per heavy atom. The van der Waals surface area contributed by atoms with Crippen molar-refractivity contribution < 1.29 is 23.7 Å². The van der Waals surface area contributed by atoms with Crippen molar-refractivity contribution in [3.8, 4) is 29.4 Å². The Hall–Kier alpha value is -2.74. The zero-order valence-corrected chi connectivity index (χ0v) is 14.2. The molecule has 0 radical (unpaired) electrons. The van der Waals surface area contributed by atoms with Crippen LogP contribution in [0.1, 0.15) is 11.5 Å². The largest absolute Gasteiger partial charge is 0.493 e. The Morgan fingerprint density at radius 1 is 1.08 bits per heavy atom. The monoisotopic (exact) mass is 332 g/mol. The third kappa shape index (κ3) is 3.60. The summed E-state index contributed by atoms with van der Waals surface area (Å²) >= 11 is 0. The summed E-state index contributed by atoms with van der Waals surface area (Å²) in [7, 11) is 5.85. The van der Waals surface area contributed by atoms with E-state index in [4.69, 9.17) is 23.7 Å². The van der Waals surface area contributed by atoms with Crippen molar-refractivity contribution in [1.29, 1.82) is 10.5 Å². The molecule has 7 nitrogen and oxygen atoms in total. The molecule has 0 saturated heterocycles. The van der Waals surface area contributed by atoms with Gasteiger partial charge in [0, 0.05) is 7.11 Å². The minimum Gasteiger partial charge on any atom is -0.493 e. The summed E-state index contributed by atoms with van der Waals surface area (Å²) in [5.74, 6) is 0.436. The van der Waals surface area contributed by atoms with Crippen molar-refractivity contribution in [3.05, 3.63) is 30.4 Å². The number of hydrogen-bond acceptors (Lipinski definition) is 7. The standard InChI is InChI=1S/C17H20N2O5/c1-6-13(17(9-18,10-19)24-11-20-2)12-7-14(21-3)16(23-5)15(8-12)22-4/h6-8,13H,1,11H2,2-5H3/t13-/m1/s1. The third-order valence-electron chi connectivity index (χ3n) is 3.46. The van der Waals surface area contributed by atoms with Gasteiger partial charge in [-0.15, -0.1) is 6.58 Å². The van der Waals surface area contributed by atoms with E-state index in [-0.39, 0.29) is 6.79 Å². The molecular weight excluding hydrogens is 312 g/mol. The van der Waals surface area contributed by atoms with Crippen LogP contribution in [-0.4, -0.2) is 40.8 Å². The van der Waals surface area contributed by atoms with Crippen LogP contribution in [0.2, 0.25) is 0 Å². The first-order valence-corrected chi connectivity index (χ1v) is 6.95. The number of nitrogens with zero attached hydrogens (tertiary/aromatic N) is 2. The highest BCUT2D eigenvalue weighted by molar-refractivity contribution is 5.56. The molecule has 0 bridgehead atoms. The van der Waals surface area contributed by atoms with Crippen molar-refractivity contribution in [2.75, 3.05) is 35.2 Å². The second-order valence-electron chi connectivity index (χ2n) is 4.68. The molecule has 0 saturated carbocycles. The second kappa shape index (κ2) is 8.78. The van der Waals surface area contributed by atoms with E-state index in [0.717, 1.165) is 0 Å². The first-order valence-electron chi connectivity index (χ1n) is 6.95. The molecule has 0 aromatic heterocycles. The molecule has 0 fully saturated rings. The van der Waals surface area contributed by atoms with Gasteiger partial charge >= 0.3 is 0 Å². The first kappa shape index (κ1) is 19.3. The van der Waals surface area contributed by atoms with Gasteiger partial charge in [0.25, 0.3) is 5.60 Å². The summed E-state index contributed by atoms with van der Waals surface area (Å²) in [5.41, 5.74) is -1.25. The average Bonchev–Trinajstić information content (AvgIpc) is 2.64. The molecule has 0 aliphatic heterocycles. The van der Waals surface area contributed by atoms with Gasteiger partial charge in [0.05, 0.1) is 27.2 Å². The lowest BCUT2D eigenvalue weighted by atomic mass is 9.83. The van der Waals surface area contributed by atoms with Gasteiger partial charge in [-0.3, -0.25) is 0 Å². The van der Waals surface area contributed by atoms with Crippen molar-refractivity contribution >= 4 is 0 Å². The maximum Gasteiger partial charge on any atom is 0.253 e. The highest BCUT2D eigenvalue weighted by Crippen LogP contribution is 2.43. The smallest absolute Gasteiger partial charge is 0.253 e. The molecule has 0 aliphatic rings. The Balaban J connectivity index is 3.51. The minimum atomic E-state index is -1.80. The molecule has 0 spiro atoms. The van der Waals surface area contributed by atoms with Crippen molar-refractivity contribution in [3.63, 3.8) is 0 Å². The molecule has 1 aromatic rings. The molecule has 1 atom stereocenters. The predicted octanol–water partition coefficient (Wildman–Crippen LogP) is 2.39. The summed E-state index contributed by atoms with van der Waals surface area (Å²) in [6, 6.07) is 7.10. The van der Waals surface area contributed by atoms with E-state index < -0.39 is 11.5 Å². The number of ether oxygens (including phenoxy) is 5. The van der Waals surface area contributed by atoms with Gasteiger partial charge in [-0.1, -0.05) is 6.08 Å².